The van der Waals surface area contributed by atoms with Gasteiger partial charge in [-0.05, 0) is 24.6 Å². The molecule has 1 atom stereocenters. The molecule has 0 bridgehead atoms. The number of nitrogens with zero attached hydrogens (tertiary/aromatic N) is 1. The van der Waals surface area contributed by atoms with Crippen LogP contribution in [0.25, 0.3) is 0 Å². The third-order valence-electron chi connectivity index (χ3n) is 3.11. The molecule has 0 aliphatic heterocycles. The van der Waals surface area contributed by atoms with Gasteiger partial charge in [0.05, 0.1) is 6.26 Å². The molecule has 1 heterocycles. The molecule has 124 valence electrons. The highest BCUT2D eigenvalue weighted by Crippen LogP contribution is 2.03. The van der Waals surface area contributed by atoms with Crippen molar-refractivity contribution < 1.29 is 8.63 Å². The smallest absolute Gasteiger partial charge is 0.191 e. The Morgan fingerprint density at radius 1 is 1.17 bits per heavy atom. The van der Waals surface area contributed by atoms with Crippen LogP contribution in [-0.2, 0) is 23.1 Å². The summed E-state index contributed by atoms with van der Waals surface area (Å²) in [5, 5.41) is 6.37. The van der Waals surface area contributed by atoms with Gasteiger partial charge in [0.15, 0.2) is 5.96 Å². The van der Waals surface area contributed by atoms with E-state index in [2.05, 4.69) is 15.6 Å². The number of aliphatic imine (C=N–C) groups is 1. The average Bonchev–Trinajstić information content (AvgIpc) is 3.07. The summed E-state index contributed by atoms with van der Waals surface area (Å²) in [7, 11) is -0.889. The molecule has 0 saturated heterocycles. The first-order valence-electron chi connectivity index (χ1n) is 7.71. The molecule has 0 spiro atoms. The van der Waals surface area contributed by atoms with E-state index in [4.69, 9.17) is 4.42 Å². The third-order valence-corrected chi connectivity index (χ3v) is 4.42. The maximum atomic E-state index is 12.1. The summed E-state index contributed by atoms with van der Waals surface area (Å²) in [5.74, 6) is 2.69. The van der Waals surface area contributed by atoms with Gasteiger partial charge in [0.25, 0.3) is 0 Å². The molecule has 0 aliphatic carbocycles. The van der Waals surface area contributed by atoms with E-state index in [0.717, 1.165) is 17.9 Å². The third kappa shape index (κ3) is 6.69. The lowest BCUT2D eigenvalue weighted by Crippen LogP contribution is -2.39. The van der Waals surface area contributed by atoms with Crippen molar-refractivity contribution in [3.05, 3.63) is 60.1 Å². The van der Waals surface area contributed by atoms with Crippen LogP contribution in [0.3, 0.4) is 0 Å². The molecule has 5 nitrogen and oxygen atoms in total. The molecule has 2 aromatic rings. The average molecular weight is 333 g/mol. The van der Waals surface area contributed by atoms with E-state index >= 15 is 0 Å². The van der Waals surface area contributed by atoms with Crippen molar-refractivity contribution in [3.8, 4) is 0 Å². The maximum Gasteiger partial charge on any atom is 0.191 e. The molecule has 0 aliphatic rings. The fourth-order valence-corrected chi connectivity index (χ4v) is 3.06. The summed E-state index contributed by atoms with van der Waals surface area (Å²) < 4.78 is 17.4. The number of guanidine groups is 1. The van der Waals surface area contributed by atoms with Crippen molar-refractivity contribution in [2.75, 3.05) is 18.8 Å². The molecule has 2 N–H and O–H groups in total. The van der Waals surface area contributed by atoms with E-state index in [-0.39, 0.29) is 0 Å². The summed E-state index contributed by atoms with van der Waals surface area (Å²) in [6, 6.07) is 13.6. The zero-order chi connectivity index (χ0) is 16.3. The van der Waals surface area contributed by atoms with Crippen LogP contribution in [0.5, 0.6) is 0 Å². The van der Waals surface area contributed by atoms with Crippen molar-refractivity contribution in [1.82, 2.24) is 10.6 Å². The summed E-state index contributed by atoms with van der Waals surface area (Å²) >= 11 is 0. The highest BCUT2D eigenvalue weighted by Gasteiger charge is 2.03. The van der Waals surface area contributed by atoms with Gasteiger partial charge in [-0.2, -0.15) is 0 Å². The van der Waals surface area contributed by atoms with Crippen molar-refractivity contribution in [2.24, 2.45) is 4.99 Å². The monoisotopic (exact) mass is 333 g/mol. The van der Waals surface area contributed by atoms with Crippen molar-refractivity contribution in [3.63, 3.8) is 0 Å². The number of hydrogen-bond donors (Lipinski definition) is 2. The van der Waals surface area contributed by atoms with Gasteiger partial charge < -0.3 is 15.1 Å². The normalized spacial score (nSPS) is 12.8. The summed E-state index contributed by atoms with van der Waals surface area (Å²) in [6.07, 6.45) is 1.64. The molecule has 1 unspecified atom stereocenters. The molecule has 1 aromatic carbocycles. The molecular weight excluding hydrogens is 310 g/mol. The number of hydrogen-bond acceptors (Lipinski definition) is 3. The van der Waals surface area contributed by atoms with Crippen LogP contribution in [-0.4, -0.2) is 29.0 Å². The lowest BCUT2D eigenvalue weighted by Gasteiger charge is -2.10. The molecular formula is C17H23N3O2S. The second-order valence-corrected chi connectivity index (χ2v) is 6.55. The lowest BCUT2D eigenvalue weighted by atomic mass is 10.2. The van der Waals surface area contributed by atoms with Crippen LogP contribution >= 0.6 is 0 Å². The summed E-state index contributed by atoms with van der Waals surface area (Å²) in [6.45, 7) is 3.88. The predicted molar refractivity (Wildman–Crippen MR) is 94.7 cm³/mol. The van der Waals surface area contributed by atoms with Gasteiger partial charge in [-0.3, -0.25) is 4.21 Å². The zero-order valence-corrected chi connectivity index (χ0v) is 14.1. The Hall–Kier alpha value is -2.08. The number of benzene rings is 1. The molecule has 1 aromatic heterocycles. The molecule has 0 radical (unpaired) electrons. The van der Waals surface area contributed by atoms with Gasteiger partial charge in [-0.1, -0.05) is 30.3 Å². The van der Waals surface area contributed by atoms with Crippen LogP contribution in [0.2, 0.25) is 0 Å². The Balaban J connectivity index is 1.75. The Bertz CT molecular complexity index is 612. The maximum absolute atomic E-state index is 12.1. The van der Waals surface area contributed by atoms with Crippen LogP contribution < -0.4 is 10.6 Å². The summed E-state index contributed by atoms with van der Waals surface area (Å²) in [4.78, 5) is 4.44. The Labute approximate surface area is 139 Å². The number of rotatable bonds is 8. The number of nitrogens with one attached hydrogen (secondary N) is 2. The molecule has 23 heavy (non-hydrogen) atoms. The van der Waals surface area contributed by atoms with Gasteiger partial charge in [-0.25, -0.2) is 4.99 Å². The topological polar surface area (TPSA) is 66.6 Å². The minimum atomic E-state index is -0.889. The second kappa shape index (κ2) is 9.84. The predicted octanol–water partition coefficient (Wildman–Crippen LogP) is 2.28. The van der Waals surface area contributed by atoms with E-state index in [9.17, 15) is 4.21 Å². The first kappa shape index (κ1) is 17.3. The molecule has 6 heteroatoms. The van der Waals surface area contributed by atoms with E-state index in [1.165, 1.54) is 0 Å². The molecule has 0 saturated carbocycles. The Morgan fingerprint density at radius 3 is 2.70 bits per heavy atom. The highest BCUT2D eigenvalue weighted by atomic mass is 32.2. The van der Waals surface area contributed by atoms with Crippen LogP contribution in [0, 0.1) is 0 Å². The number of furan rings is 1. The van der Waals surface area contributed by atoms with E-state index in [0.29, 0.717) is 30.6 Å². The fourth-order valence-electron chi connectivity index (χ4n) is 2.02. The quantitative estimate of drug-likeness (QED) is 0.574. The molecule has 2 rings (SSSR count). The van der Waals surface area contributed by atoms with Gasteiger partial charge in [0.1, 0.15) is 12.3 Å². The fraction of sp³-hybridized carbons (Fsp3) is 0.353. The van der Waals surface area contributed by atoms with Gasteiger partial charge in [0.2, 0.25) is 0 Å². The lowest BCUT2D eigenvalue weighted by molar-refractivity contribution is 0.512. The van der Waals surface area contributed by atoms with Crippen LogP contribution in [0.15, 0.2) is 58.1 Å². The molecule has 0 amide bonds. The minimum Gasteiger partial charge on any atom is -0.467 e. The van der Waals surface area contributed by atoms with E-state index < -0.39 is 10.8 Å². The van der Waals surface area contributed by atoms with Crippen molar-refractivity contribution in [2.45, 2.75) is 19.2 Å². The first-order valence-corrected chi connectivity index (χ1v) is 9.20. The van der Waals surface area contributed by atoms with E-state index in [1.807, 2.05) is 49.4 Å². The van der Waals surface area contributed by atoms with Crippen molar-refractivity contribution >= 4 is 16.8 Å². The SMILES string of the molecule is CCNC(=NCc1ccco1)NCCS(=O)Cc1ccccc1. The minimum absolute atomic E-state index is 0.482. The Morgan fingerprint density at radius 2 is 2.00 bits per heavy atom. The van der Waals surface area contributed by atoms with E-state index in [1.54, 1.807) is 6.26 Å². The van der Waals surface area contributed by atoms with Gasteiger partial charge >= 0.3 is 0 Å². The first-order chi connectivity index (χ1) is 11.3. The largest absolute Gasteiger partial charge is 0.467 e. The highest BCUT2D eigenvalue weighted by molar-refractivity contribution is 7.84. The zero-order valence-electron chi connectivity index (χ0n) is 13.3. The second-order valence-electron chi connectivity index (χ2n) is 4.98. The van der Waals surface area contributed by atoms with Crippen molar-refractivity contribution in [1.29, 1.82) is 0 Å². The molecule has 0 fully saturated rings. The summed E-state index contributed by atoms with van der Waals surface area (Å²) in [5.41, 5.74) is 1.10. The van der Waals surface area contributed by atoms with Crippen LogP contribution in [0.4, 0.5) is 0 Å². The van der Waals surface area contributed by atoms with Crippen LogP contribution in [0.1, 0.15) is 18.2 Å². The van der Waals surface area contributed by atoms with Gasteiger partial charge in [-0.15, -0.1) is 0 Å². The van der Waals surface area contributed by atoms with Gasteiger partial charge in [0, 0.05) is 35.4 Å². The standard InChI is InChI=1S/C17H23N3O2S/c1-2-18-17(20-13-16-9-6-11-22-16)19-10-12-23(21)14-15-7-4-3-5-8-15/h3-9,11H,2,10,12-14H2,1H3,(H2,18,19,20). The Kier molecular flexibility index (Phi) is 7.39.